The predicted molar refractivity (Wildman–Crippen MR) is 66.2 cm³/mol. The van der Waals surface area contributed by atoms with Crippen LogP contribution in [0.1, 0.15) is 18.3 Å². The van der Waals surface area contributed by atoms with E-state index in [1.54, 1.807) is 12.4 Å². The van der Waals surface area contributed by atoms with Crippen molar-refractivity contribution in [2.45, 2.75) is 13.1 Å². The maximum Gasteiger partial charge on any atom is 0.136 e. The number of aromatic nitrogens is 2. The Morgan fingerprint density at radius 1 is 1.00 bits per heavy atom. The molecule has 0 aliphatic heterocycles. The van der Waals surface area contributed by atoms with E-state index in [9.17, 15) is 0 Å². The first kappa shape index (κ1) is 10.4. The number of aromatic amines is 2. The van der Waals surface area contributed by atoms with Gasteiger partial charge in [0.05, 0.1) is 11.4 Å². The molecule has 0 radical (unpaired) electrons. The van der Waals surface area contributed by atoms with Crippen molar-refractivity contribution in [3.8, 4) is 0 Å². The smallest absolute Gasteiger partial charge is 0.136 e. The predicted octanol–water partition coefficient (Wildman–Crippen LogP) is 2.23. The highest BCUT2D eigenvalue weighted by Crippen LogP contribution is 1.96. The largest absolute Gasteiger partial charge is 0.360 e. The third kappa shape index (κ3) is 2.95. The fourth-order valence-electron chi connectivity index (χ4n) is 1.26. The van der Waals surface area contributed by atoms with Crippen LogP contribution in [0.5, 0.6) is 0 Å². The van der Waals surface area contributed by atoms with Gasteiger partial charge in [-0.05, 0) is 31.2 Å². The van der Waals surface area contributed by atoms with Gasteiger partial charge in [0.1, 0.15) is 6.17 Å². The summed E-state index contributed by atoms with van der Waals surface area (Å²) in [5.74, 6) is 0. The molecule has 2 heterocycles. The monoisotopic (exact) mass is 214 g/mol. The third-order valence-electron chi connectivity index (χ3n) is 2.10. The Bertz CT molecular complexity index is 407. The number of hydrogen-bond acceptors (Lipinski definition) is 2. The van der Waals surface area contributed by atoms with Gasteiger partial charge in [-0.25, -0.2) is 0 Å². The lowest BCUT2D eigenvalue weighted by Crippen LogP contribution is -1.95. The third-order valence-corrected chi connectivity index (χ3v) is 2.10. The lowest BCUT2D eigenvalue weighted by Gasteiger charge is -1.96. The average Bonchev–Trinajstić information content (AvgIpc) is 2.96. The molecule has 0 atom stereocenters. The number of nitrogens with one attached hydrogen (secondary N) is 2. The summed E-state index contributed by atoms with van der Waals surface area (Å²) in [5, 5.41) is 0. The van der Waals surface area contributed by atoms with Crippen LogP contribution in [-0.2, 0) is 0 Å². The zero-order valence-electron chi connectivity index (χ0n) is 9.09. The Balaban J connectivity index is 1.91. The van der Waals surface area contributed by atoms with E-state index in [4.69, 9.17) is 0 Å². The summed E-state index contributed by atoms with van der Waals surface area (Å²) in [6, 6.07) is 7.80. The SMILES string of the molecule is CC(/N=C/c1ccc[nH]1)/N=C/c1ccc[nH]1. The molecule has 4 nitrogen and oxygen atoms in total. The maximum atomic E-state index is 4.30. The molecule has 16 heavy (non-hydrogen) atoms. The van der Waals surface area contributed by atoms with Crippen LogP contribution in [0.15, 0.2) is 46.6 Å². The molecule has 4 heteroatoms. The van der Waals surface area contributed by atoms with Crippen LogP contribution in [0.4, 0.5) is 0 Å². The topological polar surface area (TPSA) is 56.3 Å². The van der Waals surface area contributed by atoms with Gasteiger partial charge in [-0.3, -0.25) is 9.98 Å². The van der Waals surface area contributed by atoms with Crippen molar-refractivity contribution in [1.82, 2.24) is 9.97 Å². The molecule has 0 aliphatic rings. The highest BCUT2D eigenvalue weighted by atomic mass is 15.0. The number of hydrogen-bond donors (Lipinski definition) is 2. The molecule has 0 aromatic carbocycles. The van der Waals surface area contributed by atoms with Crippen molar-refractivity contribution in [2.24, 2.45) is 9.98 Å². The second kappa shape index (κ2) is 5.11. The van der Waals surface area contributed by atoms with Crippen molar-refractivity contribution in [3.05, 3.63) is 48.0 Å². The average molecular weight is 214 g/mol. The summed E-state index contributed by atoms with van der Waals surface area (Å²) >= 11 is 0. The standard InChI is InChI=1S/C12H14N4/c1-10(15-8-11-4-2-6-13-11)16-9-12-5-3-7-14-12/h2-10,13-14H,1H3/b15-8+,16-9+. The Morgan fingerprint density at radius 3 is 1.88 bits per heavy atom. The van der Waals surface area contributed by atoms with Crippen molar-refractivity contribution >= 4 is 12.4 Å². The Labute approximate surface area is 94.2 Å². The second-order valence-electron chi connectivity index (χ2n) is 3.44. The molecule has 0 fully saturated rings. The van der Waals surface area contributed by atoms with Crippen LogP contribution in [0.3, 0.4) is 0 Å². The molecule has 2 rings (SSSR count). The van der Waals surface area contributed by atoms with E-state index in [0.717, 1.165) is 11.4 Å². The van der Waals surface area contributed by atoms with Crippen LogP contribution in [0.25, 0.3) is 0 Å². The first-order valence-electron chi connectivity index (χ1n) is 5.18. The quantitative estimate of drug-likeness (QED) is 0.733. The van der Waals surface area contributed by atoms with E-state index in [-0.39, 0.29) is 6.17 Å². The van der Waals surface area contributed by atoms with E-state index in [0.29, 0.717) is 0 Å². The molecule has 82 valence electrons. The lowest BCUT2D eigenvalue weighted by atomic mass is 10.4. The maximum absolute atomic E-state index is 4.30. The molecule has 0 spiro atoms. The Kier molecular flexibility index (Phi) is 3.33. The lowest BCUT2D eigenvalue weighted by molar-refractivity contribution is 0.802. The van der Waals surface area contributed by atoms with Gasteiger partial charge in [0, 0.05) is 24.8 Å². The highest BCUT2D eigenvalue weighted by Gasteiger charge is 1.93. The summed E-state index contributed by atoms with van der Waals surface area (Å²) in [7, 11) is 0. The van der Waals surface area contributed by atoms with Gasteiger partial charge in [-0.2, -0.15) is 0 Å². The van der Waals surface area contributed by atoms with E-state index >= 15 is 0 Å². The molecular formula is C12H14N4. The van der Waals surface area contributed by atoms with Gasteiger partial charge < -0.3 is 9.97 Å². The normalized spacial score (nSPS) is 12.1. The van der Waals surface area contributed by atoms with Crippen molar-refractivity contribution < 1.29 is 0 Å². The molecule has 0 aliphatic carbocycles. The minimum Gasteiger partial charge on any atom is -0.360 e. The molecule has 2 aromatic heterocycles. The van der Waals surface area contributed by atoms with E-state index in [1.165, 1.54) is 0 Å². The minimum absolute atomic E-state index is 0.0772. The van der Waals surface area contributed by atoms with Crippen LogP contribution in [0, 0.1) is 0 Å². The molecule has 0 bridgehead atoms. The van der Waals surface area contributed by atoms with Gasteiger partial charge in [-0.1, -0.05) is 0 Å². The summed E-state index contributed by atoms with van der Waals surface area (Å²) < 4.78 is 0. The number of aliphatic imine (C=N–C) groups is 2. The van der Waals surface area contributed by atoms with Crippen LogP contribution >= 0.6 is 0 Å². The highest BCUT2D eigenvalue weighted by molar-refractivity contribution is 5.78. The van der Waals surface area contributed by atoms with Gasteiger partial charge in [0.15, 0.2) is 0 Å². The molecule has 0 unspecified atom stereocenters. The molecule has 0 saturated carbocycles. The zero-order chi connectivity index (χ0) is 11.2. The molecular weight excluding hydrogens is 200 g/mol. The summed E-state index contributed by atoms with van der Waals surface area (Å²) in [6.45, 7) is 1.94. The fourth-order valence-corrected chi connectivity index (χ4v) is 1.26. The Hall–Kier alpha value is -2.10. The number of nitrogens with zero attached hydrogens (tertiary/aromatic N) is 2. The summed E-state index contributed by atoms with van der Waals surface area (Å²) in [6.07, 6.45) is 7.24. The second-order valence-corrected chi connectivity index (χ2v) is 3.44. The number of rotatable bonds is 4. The van der Waals surface area contributed by atoms with E-state index in [1.807, 2.05) is 43.6 Å². The van der Waals surface area contributed by atoms with Gasteiger partial charge in [0.2, 0.25) is 0 Å². The first-order valence-corrected chi connectivity index (χ1v) is 5.18. The molecule has 0 saturated heterocycles. The van der Waals surface area contributed by atoms with Gasteiger partial charge in [0.25, 0.3) is 0 Å². The van der Waals surface area contributed by atoms with Crippen LogP contribution in [0.2, 0.25) is 0 Å². The molecule has 2 N–H and O–H groups in total. The van der Waals surface area contributed by atoms with Gasteiger partial charge in [-0.15, -0.1) is 0 Å². The Morgan fingerprint density at radius 2 is 1.50 bits per heavy atom. The molecule has 0 amide bonds. The van der Waals surface area contributed by atoms with Crippen LogP contribution in [-0.4, -0.2) is 28.6 Å². The fraction of sp³-hybridized carbons (Fsp3) is 0.167. The van der Waals surface area contributed by atoms with E-state index in [2.05, 4.69) is 20.0 Å². The van der Waals surface area contributed by atoms with Crippen molar-refractivity contribution in [2.75, 3.05) is 0 Å². The van der Waals surface area contributed by atoms with E-state index < -0.39 is 0 Å². The number of H-pyrrole nitrogens is 2. The van der Waals surface area contributed by atoms with Crippen molar-refractivity contribution in [3.63, 3.8) is 0 Å². The first-order chi connectivity index (χ1) is 7.84. The van der Waals surface area contributed by atoms with Gasteiger partial charge >= 0.3 is 0 Å². The summed E-state index contributed by atoms with van der Waals surface area (Å²) in [5.41, 5.74) is 1.98. The zero-order valence-corrected chi connectivity index (χ0v) is 9.09. The van der Waals surface area contributed by atoms with Crippen molar-refractivity contribution in [1.29, 1.82) is 0 Å². The molecule has 2 aromatic rings. The minimum atomic E-state index is -0.0772. The van der Waals surface area contributed by atoms with Crippen LogP contribution < -0.4 is 0 Å². The summed E-state index contributed by atoms with van der Waals surface area (Å²) in [4.78, 5) is 14.7.